The van der Waals surface area contributed by atoms with Crippen LogP contribution in [0.1, 0.15) is 28.3 Å². The number of piperazine rings is 1. The van der Waals surface area contributed by atoms with E-state index < -0.39 is 5.91 Å². The number of aromatic amines is 1. The van der Waals surface area contributed by atoms with Gasteiger partial charge in [-0.15, -0.1) is 0 Å². The van der Waals surface area contributed by atoms with E-state index in [1.807, 2.05) is 72.4 Å². The summed E-state index contributed by atoms with van der Waals surface area (Å²) in [5.74, 6) is 0.609. The minimum atomic E-state index is -0.404. The largest absolute Gasteiger partial charge is 0.382 e. The van der Waals surface area contributed by atoms with E-state index >= 15 is 0 Å². The number of imidazole rings is 1. The number of carbonyl (C=O) groups is 1. The summed E-state index contributed by atoms with van der Waals surface area (Å²) < 4.78 is 1.98. The van der Waals surface area contributed by atoms with Gasteiger partial charge in [0.05, 0.1) is 17.9 Å². The van der Waals surface area contributed by atoms with Crippen LogP contribution in [-0.4, -0.2) is 72.3 Å². The second-order valence-corrected chi connectivity index (χ2v) is 10.6. The van der Waals surface area contributed by atoms with Crippen molar-refractivity contribution in [1.29, 1.82) is 0 Å². The number of likely N-dealkylation sites (N-methyl/N-ethyl adjacent to an activating group) is 1. The van der Waals surface area contributed by atoms with Gasteiger partial charge in [0.2, 0.25) is 0 Å². The number of amides is 1. The number of H-pyrrole nitrogens is 1. The standard InChI is InChI=1S/C29H30N10O/c1-17-12-32-23-9-8-18(14-38(17)23)25-26(22-6-4-10-31-22)36-28(30)27(35-25)29(40)33-13-19-5-3-7-24(34-19)39-16-20-11-21(39)15-37(20)2/h3-10,12,14,20-21,31H,11,13,15-16H2,1-2H3,(H2,30,36)(H,33,40)/t20-,21-/m1/s1. The monoisotopic (exact) mass is 534 g/mol. The predicted molar refractivity (Wildman–Crippen MR) is 153 cm³/mol. The Morgan fingerprint density at radius 1 is 1.07 bits per heavy atom. The van der Waals surface area contributed by atoms with Crippen LogP contribution in [0.15, 0.2) is 61.1 Å². The van der Waals surface area contributed by atoms with Crippen molar-refractivity contribution in [3.63, 3.8) is 0 Å². The van der Waals surface area contributed by atoms with Gasteiger partial charge in [-0.3, -0.25) is 9.69 Å². The highest BCUT2D eigenvalue weighted by molar-refractivity contribution is 5.97. The van der Waals surface area contributed by atoms with E-state index in [-0.39, 0.29) is 18.1 Å². The van der Waals surface area contributed by atoms with Gasteiger partial charge >= 0.3 is 0 Å². The highest BCUT2D eigenvalue weighted by Crippen LogP contribution is 2.33. The average Bonchev–Trinajstić information content (AvgIpc) is 3.77. The molecule has 0 aromatic carbocycles. The summed E-state index contributed by atoms with van der Waals surface area (Å²) >= 11 is 0. The van der Waals surface area contributed by atoms with Crippen LogP contribution in [-0.2, 0) is 6.54 Å². The van der Waals surface area contributed by atoms with Gasteiger partial charge in [0, 0.05) is 55.0 Å². The molecule has 0 unspecified atom stereocenters. The fraction of sp³-hybridized carbons (Fsp3) is 0.276. The molecule has 4 N–H and O–H groups in total. The van der Waals surface area contributed by atoms with E-state index in [0.29, 0.717) is 23.5 Å². The number of fused-ring (bicyclic) bond motifs is 3. The van der Waals surface area contributed by atoms with Gasteiger partial charge in [0.25, 0.3) is 5.91 Å². The molecule has 0 spiro atoms. The lowest BCUT2D eigenvalue weighted by Gasteiger charge is -2.32. The quantitative estimate of drug-likeness (QED) is 0.303. The first-order valence-corrected chi connectivity index (χ1v) is 13.4. The number of aryl methyl sites for hydroxylation is 1. The Bertz CT molecular complexity index is 1720. The normalized spacial score (nSPS) is 18.6. The van der Waals surface area contributed by atoms with Gasteiger partial charge in [-0.25, -0.2) is 19.9 Å². The van der Waals surface area contributed by atoms with Crippen LogP contribution in [0.3, 0.4) is 0 Å². The molecule has 2 fully saturated rings. The first kappa shape index (κ1) is 24.3. The Morgan fingerprint density at radius 2 is 1.98 bits per heavy atom. The molecule has 1 amide bonds. The first-order chi connectivity index (χ1) is 19.4. The second-order valence-electron chi connectivity index (χ2n) is 10.6. The highest BCUT2D eigenvalue weighted by atomic mass is 16.1. The molecule has 2 saturated heterocycles. The first-order valence-electron chi connectivity index (χ1n) is 13.4. The van der Waals surface area contributed by atoms with Gasteiger partial charge in [0.1, 0.15) is 22.9 Å². The predicted octanol–water partition coefficient (Wildman–Crippen LogP) is 2.89. The molecular formula is C29H30N10O. The molecule has 0 saturated carbocycles. The lowest BCUT2D eigenvalue weighted by atomic mass is 10.1. The molecule has 11 heteroatoms. The van der Waals surface area contributed by atoms with E-state index in [4.69, 9.17) is 15.7 Å². The molecule has 40 heavy (non-hydrogen) atoms. The molecule has 2 aliphatic heterocycles. The Kier molecular flexibility index (Phi) is 5.74. The number of hydrogen-bond donors (Lipinski definition) is 3. The van der Waals surface area contributed by atoms with Gasteiger partial charge in [-0.1, -0.05) is 6.07 Å². The SMILES string of the molecule is Cc1cnc2ccc(-c3nc(C(=O)NCc4cccc(N5C[C@H]6C[C@@H]5CN6C)n4)c(N)nc3-c3ccc[nH]3)cn12. The number of carbonyl (C=O) groups excluding carboxylic acids is 1. The van der Waals surface area contributed by atoms with E-state index in [1.165, 1.54) is 6.42 Å². The Hall–Kier alpha value is -4.77. The number of nitrogen functional groups attached to an aromatic ring is 1. The fourth-order valence-corrected chi connectivity index (χ4v) is 5.85. The number of likely N-dealkylation sites (tertiary alicyclic amines) is 1. The topological polar surface area (TPSA) is 133 Å². The van der Waals surface area contributed by atoms with Gasteiger partial charge < -0.3 is 25.3 Å². The smallest absolute Gasteiger partial charge is 0.274 e. The molecule has 7 rings (SSSR count). The number of hydrogen-bond acceptors (Lipinski definition) is 8. The lowest BCUT2D eigenvalue weighted by Crippen LogP contribution is -2.45. The van der Waals surface area contributed by atoms with Crippen LogP contribution in [0.25, 0.3) is 28.3 Å². The maximum Gasteiger partial charge on any atom is 0.274 e. The minimum absolute atomic E-state index is 0.0599. The third-order valence-electron chi connectivity index (χ3n) is 7.99. The van der Waals surface area contributed by atoms with Crippen LogP contribution >= 0.6 is 0 Å². The zero-order chi connectivity index (χ0) is 27.4. The summed E-state index contributed by atoms with van der Waals surface area (Å²) in [6.45, 7) is 4.28. The van der Waals surface area contributed by atoms with Crippen molar-refractivity contribution < 1.29 is 4.79 Å². The molecule has 5 aromatic heterocycles. The molecule has 2 bridgehead atoms. The summed E-state index contributed by atoms with van der Waals surface area (Å²) in [7, 11) is 2.18. The van der Waals surface area contributed by atoms with Crippen LogP contribution in [0, 0.1) is 6.92 Å². The van der Waals surface area contributed by atoms with E-state index in [9.17, 15) is 4.79 Å². The highest BCUT2D eigenvalue weighted by Gasteiger charge is 2.41. The van der Waals surface area contributed by atoms with Crippen LogP contribution < -0.4 is 16.0 Å². The number of pyridine rings is 2. The number of nitrogens with two attached hydrogens (primary N) is 1. The summed E-state index contributed by atoms with van der Waals surface area (Å²) in [6.07, 6.45) is 6.75. The second kappa shape index (κ2) is 9.45. The Morgan fingerprint density at radius 3 is 2.75 bits per heavy atom. The van der Waals surface area contributed by atoms with Crippen molar-refractivity contribution in [3.8, 4) is 22.6 Å². The zero-order valence-electron chi connectivity index (χ0n) is 22.4. The summed E-state index contributed by atoms with van der Waals surface area (Å²) in [5, 5.41) is 2.95. The maximum atomic E-state index is 13.4. The molecule has 202 valence electrons. The van der Waals surface area contributed by atoms with Crippen molar-refractivity contribution in [2.24, 2.45) is 0 Å². The number of nitrogens with zero attached hydrogens (tertiary/aromatic N) is 7. The van der Waals surface area contributed by atoms with Gasteiger partial charge in [0.15, 0.2) is 11.5 Å². The average molecular weight is 535 g/mol. The van der Waals surface area contributed by atoms with E-state index in [1.54, 1.807) is 0 Å². The molecule has 0 aliphatic carbocycles. The molecular weight excluding hydrogens is 504 g/mol. The number of aromatic nitrogens is 6. The lowest BCUT2D eigenvalue weighted by molar-refractivity contribution is 0.0946. The third kappa shape index (κ3) is 4.15. The van der Waals surface area contributed by atoms with Crippen molar-refractivity contribution in [2.45, 2.75) is 32.0 Å². The molecule has 5 aromatic rings. The van der Waals surface area contributed by atoms with Gasteiger partial charge in [-0.2, -0.15) is 0 Å². The molecule has 11 nitrogen and oxygen atoms in total. The number of nitrogens with one attached hydrogen (secondary N) is 2. The van der Waals surface area contributed by atoms with Crippen LogP contribution in [0.2, 0.25) is 0 Å². The summed E-state index contributed by atoms with van der Waals surface area (Å²) in [4.78, 5) is 40.0. The molecule has 2 atom stereocenters. The molecule has 0 radical (unpaired) electrons. The minimum Gasteiger partial charge on any atom is -0.382 e. The van der Waals surface area contributed by atoms with Crippen molar-refractivity contribution in [1.82, 2.24) is 39.5 Å². The van der Waals surface area contributed by atoms with Crippen LogP contribution in [0.5, 0.6) is 0 Å². The Balaban J connectivity index is 1.17. The van der Waals surface area contributed by atoms with E-state index in [0.717, 1.165) is 47.2 Å². The van der Waals surface area contributed by atoms with Crippen LogP contribution in [0.4, 0.5) is 11.6 Å². The van der Waals surface area contributed by atoms with Crippen molar-refractivity contribution >= 4 is 23.2 Å². The number of rotatable bonds is 6. The van der Waals surface area contributed by atoms with Crippen molar-refractivity contribution in [3.05, 3.63) is 78.1 Å². The number of anilines is 2. The summed E-state index contributed by atoms with van der Waals surface area (Å²) in [5.41, 5.74) is 11.6. The fourth-order valence-electron chi connectivity index (χ4n) is 5.85. The zero-order valence-corrected chi connectivity index (χ0v) is 22.4. The van der Waals surface area contributed by atoms with Gasteiger partial charge in [-0.05, 0) is 56.8 Å². The van der Waals surface area contributed by atoms with Crippen molar-refractivity contribution in [2.75, 3.05) is 30.8 Å². The Labute approximate surface area is 231 Å². The molecule has 2 aliphatic rings. The third-order valence-corrected chi connectivity index (χ3v) is 7.99. The molecule has 7 heterocycles. The van der Waals surface area contributed by atoms with E-state index in [2.05, 4.69) is 37.1 Å². The maximum absolute atomic E-state index is 13.4. The summed E-state index contributed by atoms with van der Waals surface area (Å²) in [6, 6.07) is 14.6.